The van der Waals surface area contributed by atoms with Crippen LogP contribution in [-0.2, 0) is 4.79 Å². The zero-order valence-corrected chi connectivity index (χ0v) is 19.2. The summed E-state index contributed by atoms with van der Waals surface area (Å²) < 4.78 is 13.7. The maximum absolute atomic E-state index is 13.7. The summed E-state index contributed by atoms with van der Waals surface area (Å²) >= 11 is 7.40. The van der Waals surface area contributed by atoms with Crippen LogP contribution >= 0.6 is 23.4 Å². The number of aryl methyl sites for hydroxylation is 1. The molecule has 166 valence electrons. The maximum atomic E-state index is 13.7. The lowest BCUT2D eigenvalue weighted by Crippen LogP contribution is -2.47. The summed E-state index contributed by atoms with van der Waals surface area (Å²) in [6.45, 7) is 5.48. The predicted molar refractivity (Wildman–Crippen MR) is 128 cm³/mol. The first kappa shape index (κ1) is 22.4. The van der Waals surface area contributed by atoms with Crippen molar-refractivity contribution in [2.45, 2.75) is 12.1 Å². The van der Waals surface area contributed by atoms with Crippen molar-refractivity contribution < 1.29 is 9.18 Å². The minimum Gasteiger partial charge on any atom is -0.368 e. The molecule has 0 radical (unpaired) electrons. The molecule has 0 bridgehead atoms. The van der Waals surface area contributed by atoms with Crippen molar-refractivity contribution in [3.8, 4) is 0 Å². The molecule has 0 atom stereocenters. The highest BCUT2D eigenvalue weighted by atomic mass is 35.5. The molecule has 32 heavy (non-hydrogen) atoms. The van der Waals surface area contributed by atoms with E-state index < -0.39 is 5.82 Å². The molecule has 1 aliphatic heterocycles. The van der Waals surface area contributed by atoms with E-state index in [4.69, 9.17) is 11.6 Å². The SMILES string of the molecule is Cc1ccccc1N1CCN(c2cc(Cl)nc(SCC(=O)Nc3ccccc3F)n2)CC1. The highest BCUT2D eigenvalue weighted by molar-refractivity contribution is 7.99. The van der Waals surface area contributed by atoms with Crippen LogP contribution in [0.1, 0.15) is 5.56 Å². The van der Waals surface area contributed by atoms with E-state index in [1.54, 1.807) is 18.2 Å². The first-order valence-electron chi connectivity index (χ1n) is 10.3. The Bertz CT molecular complexity index is 1110. The van der Waals surface area contributed by atoms with Crippen LogP contribution in [0.15, 0.2) is 59.8 Å². The van der Waals surface area contributed by atoms with Crippen molar-refractivity contribution in [1.82, 2.24) is 9.97 Å². The van der Waals surface area contributed by atoms with Gasteiger partial charge in [-0.2, -0.15) is 0 Å². The van der Waals surface area contributed by atoms with Crippen molar-refractivity contribution in [2.75, 3.05) is 47.0 Å². The molecular formula is C23H23ClFN5OS. The molecule has 1 aromatic heterocycles. The molecule has 1 amide bonds. The summed E-state index contributed by atoms with van der Waals surface area (Å²) in [6, 6.07) is 16.2. The summed E-state index contributed by atoms with van der Waals surface area (Å²) in [5.74, 6) is -0.0182. The first-order valence-corrected chi connectivity index (χ1v) is 11.6. The average molecular weight is 472 g/mol. The molecular weight excluding hydrogens is 449 g/mol. The molecule has 2 heterocycles. The van der Waals surface area contributed by atoms with Crippen LogP contribution in [-0.4, -0.2) is 47.8 Å². The van der Waals surface area contributed by atoms with Crippen LogP contribution in [0.2, 0.25) is 5.15 Å². The van der Waals surface area contributed by atoms with Gasteiger partial charge in [-0.3, -0.25) is 4.79 Å². The topological polar surface area (TPSA) is 61.4 Å². The van der Waals surface area contributed by atoms with Gasteiger partial charge in [0.1, 0.15) is 16.8 Å². The fourth-order valence-electron chi connectivity index (χ4n) is 3.59. The lowest BCUT2D eigenvalue weighted by Gasteiger charge is -2.37. The van der Waals surface area contributed by atoms with Gasteiger partial charge in [0.15, 0.2) is 5.16 Å². The monoisotopic (exact) mass is 471 g/mol. The Kier molecular flexibility index (Phi) is 7.12. The van der Waals surface area contributed by atoms with Gasteiger partial charge in [-0.25, -0.2) is 14.4 Å². The third kappa shape index (κ3) is 5.49. The summed E-state index contributed by atoms with van der Waals surface area (Å²) in [7, 11) is 0. The molecule has 0 spiro atoms. The number of amides is 1. The third-order valence-corrected chi connectivity index (χ3v) is 6.24. The van der Waals surface area contributed by atoms with Crippen LogP contribution < -0.4 is 15.1 Å². The largest absolute Gasteiger partial charge is 0.368 e. The number of rotatable bonds is 6. The number of aromatic nitrogens is 2. The van der Waals surface area contributed by atoms with E-state index in [2.05, 4.69) is 50.2 Å². The highest BCUT2D eigenvalue weighted by Gasteiger charge is 2.20. The number of nitrogens with one attached hydrogen (secondary N) is 1. The second kappa shape index (κ2) is 10.2. The fraction of sp³-hybridized carbons (Fsp3) is 0.261. The molecule has 1 fully saturated rings. The van der Waals surface area contributed by atoms with E-state index in [1.807, 2.05) is 6.07 Å². The van der Waals surface area contributed by atoms with E-state index in [9.17, 15) is 9.18 Å². The number of para-hydroxylation sites is 2. The number of benzene rings is 2. The van der Waals surface area contributed by atoms with Gasteiger partial charge < -0.3 is 15.1 Å². The predicted octanol–water partition coefficient (Wildman–Crippen LogP) is 4.63. The molecule has 4 rings (SSSR count). The molecule has 9 heteroatoms. The van der Waals surface area contributed by atoms with E-state index in [0.717, 1.165) is 32.0 Å². The molecule has 2 aromatic carbocycles. The van der Waals surface area contributed by atoms with Crippen molar-refractivity contribution in [1.29, 1.82) is 0 Å². The van der Waals surface area contributed by atoms with E-state index in [0.29, 0.717) is 10.3 Å². The Morgan fingerprint density at radius 3 is 2.50 bits per heavy atom. The minimum atomic E-state index is -0.475. The van der Waals surface area contributed by atoms with Crippen molar-refractivity contribution in [3.05, 3.63) is 71.1 Å². The van der Waals surface area contributed by atoms with Gasteiger partial charge in [0.05, 0.1) is 11.4 Å². The van der Waals surface area contributed by atoms with Gasteiger partial charge in [-0.05, 0) is 30.7 Å². The molecule has 0 unspecified atom stereocenters. The minimum absolute atomic E-state index is 0.0508. The van der Waals surface area contributed by atoms with E-state index in [1.165, 1.54) is 35.1 Å². The standard InChI is InChI=1S/C23H23ClFN5OS/c1-16-6-2-5-9-19(16)29-10-12-30(13-11-29)21-14-20(24)27-23(28-21)32-15-22(31)26-18-8-4-3-7-17(18)25/h2-9,14H,10-13,15H2,1H3,(H,26,31). The van der Waals surface area contributed by atoms with Gasteiger partial charge >= 0.3 is 0 Å². The molecule has 0 aliphatic carbocycles. The number of piperazine rings is 1. The number of carbonyl (C=O) groups is 1. The lowest BCUT2D eigenvalue weighted by molar-refractivity contribution is -0.113. The second-order valence-corrected chi connectivity index (χ2v) is 8.74. The van der Waals surface area contributed by atoms with Crippen LogP contribution in [0.3, 0.4) is 0 Å². The molecule has 1 aliphatic rings. The number of hydrogen-bond acceptors (Lipinski definition) is 6. The quantitative estimate of drug-likeness (QED) is 0.321. The number of carbonyl (C=O) groups excluding carboxylic acids is 1. The number of anilines is 3. The van der Waals surface area contributed by atoms with Crippen LogP contribution in [0, 0.1) is 12.7 Å². The van der Waals surface area contributed by atoms with Crippen molar-refractivity contribution in [2.24, 2.45) is 0 Å². The first-order chi connectivity index (χ1) is 15.5. The zero-order chi connectivity index (χ0) is 22.5. The van der Waals surface area contributed by atoms with Crippen molar-refractivity contribution in [3.63, 3.8) is 0 Å². The van der Waals surface area contributed by atoms with Crippen molar-refractivity contribution >= 4 is 46.5 Å². The zero-order valence-electron chi connectivity index (χ0n) is 17.6. The van der Waals surface area contributed by atoms with E-state index in [-0.39, 0.29) is 17.3 Å². The highest BCUT2D eigenvalue weighted by Crippen LogP contribution is 2.25. The van der Waals surface area contributed by atoms with Gasteiger partial charge in [0.25, 0.3) is 0 Å². The van der Waals surface area contributed by atoms with E-state index >= 15 is 0 Å². The van der Waals surface area contributed by atoms with Gasteiger partial charge in [-0.15, -0.1) is 0 Å². The number of halogens is 2. The number of thioether (sulfide) groups is 1. The molecule has 6 nitrogen and oxygen atoms in total. The Morgan fingerprint density at radius 2 is 1.75 bits per heavy atom. The molecule has 0 saturated carbocycles. The van der Waals surface area contributed by atoms with Gasteiger partial charge in [0.2, 0.25) is 5.91 Å². The lowest BCUT2D eigenvalue weighted by atomic mass is 10.1. The Hall–Kier alpha value is -2.84. The average Bonchev–Trinajstić information content (AvgIpc) is 2.79. The second-order valence-electron chi connectivity index (χ2n) is 7.41. The Morgan fingerprint density at radius 1 is 1.06 bits per heavy atom. The summed E-state index contributed by atoms with van der Waals surface area (Å²) in [4.78, 5) is 25.6. The summed E-state index contributed by atoms with van der Waals surface area (Å²) in [5, 5.41) is 3.30. The third-order valence-electron chi connectivity index (χ3n) is 5.20. The normalized spacial score (nSPS) is 13.8. The molecule has 3 aromatic rings. The van der Waals surface area contributed by atoms with Gasteiger partial charge in [0, 0.05) is 37.9 Å². The summed E-state index contributed by atoms with van der Waals surface area (Å²) in [6.07, 6.45) is 0. The molecule has 1 saturated heterocycles. The number of hydrogen-bond donors (Lipinski definition) is 1. The smallest absolute Gasteiger partial charge is 0.234 e. The van der Waals surface area contributed by atoms with Crippen LogP contribution in [0.25, 0.3) is 0 Å². The Balaban J connectivity index is 1.36. The van der Waals surface area contributed by atoms with Crippen LogP contribution in [0.4, 0.5) is 21.6 Å². The Labute approximate surface area is 195 Å². The number of nitrogens with zero attached hydrogens (tertiary/aromatic N) is 4. The maximum Gasteiger partial charge on any atom is 0.234 e. The molecule has 1 N–H and O–H groups in total. The van der Waals surface area contributed by atoms with Crippen LogP contribution in [0.5, 0.6) is 0 Å². The van der Waals surface area contributed by atoms with Gasteiger partial charge in [-0.1, -0.05) is 53.7 Å². The summed E-state index contributed by atoms with van der Waals surface area (Å²) in [5.41, 5.74) is 2.67. The fourth-order valence-corrected chi connectivity index (χ4v) is 4.47.